The largest absolute Gasteiger partial charge is 0.456 e. The summed E-state index contributed by atoms with van der Waals surface area (Å²) in [5.74, 6) is 0.524. The van der Waals surface area contributed by atoms with Crippen molar-refractivity contribution in [3.05, 3.63) is 53.6 Å². The Balaban J connectivity index is 1.66. The smallest absolute Gasteiger partial charge is 0.240 e. The molecule has 1 atom stereocenters. The minimum Gasteiger partial charge on any atom is -0.456 e. The molecule has 1 saturated heterocycles. The Labute approximate surface area is 151 Å². The maximum absolute atomic E-state index is 12.3. The van der Waals surface area contributed by atoms with E-state index in [9.17, 15) is 13.2 Å². The first kappa shape index (κ1) is 17.7. The van der Waals surface area contributed by atoms with Crippen molar-refractivity contribution in [2.45, 2.75) is 11.3 Å². The molecule has 1 aliphatic heterocycles. The molecule has 2 aromatic rings. The number of sulfonamides is 1. The van der Waals surface area contributed by atoms with Gasteiger partial charge in [-0.25, -0.2) is 13.1 Å². The average molecular weight is 381 g/mol. The summed E-state index contributed by atoms with van der Waals surface area (Å²) in [4.78, 5) is 11.6. The van der Waals surface area contributed by atoms with Crippen LogP contribution in [0.4, 0.5) is 0 Å². The monoisotopic (exact) mass is 380 g/mol. The molecule has 2 aromatic carbocycles. The Morgan fingerprint density at radius 3 is 2.52 bits per heavy atom. The third-order valence-corrected chi connectivity index (χ3v) is 5.63. The van der Waals surface area contributed by atoms with Crippen LogP contribution in [0.1, 0.15) is 6.42 Å². The molecule has 0 radical (unpaired) electrons. The van der Waals surface area contributed by atoms with E-state index in [0.717, 1.165) is 0 Å². The van der Waals surface area contributed by atoms with Gasteiger partial charge in [-0.1, -0.05) is 23.7 Å². The van der Waals surface area contributed by atoms with Gasteiger partial charge in [-0.15, -0.1) is 0 Å². The average Bonchev–Trinajstić information content (AvgIpc) is 3.01. The van der Waals surface area contributed by atoms with Crippen LogP contribution in [0.2, 0.25) is 5.02 Å². The zero-order valence-electron chi connectivity index (χ0n) is 13.2. The summed E-state index contributed by atoms with van der Waals surface area (Å²) in [6.45, 7) is 0.672. The van der Waals surface area contributed by atoms with Gasteiger partial charge in [0.1, 0.15) is 11.5 Å². The first-order valence-electron chi connectivity index (χ1n) is 7.75. The fraction of sp³-hybridized carbons (Fsp3) is 0.235. The van der Waals surface area contributed by atoms with E-state index in [1.54, 1.807) is 36.4 Å². The molecule has 25 heavy (non-hydrogen) atoms. The van der Waals surface area contributed by atoms with Crippen molar-refractivity contribution in [1.82, 2.24) is 10.0 Å². The van der Waals surface area contributed by atoms with Crippen molar-refractivity contribution in [3.63, 3.8) is 0 Å². The number of halogens is 1. The Morgan fingerprint density at radius 2 is 1.88 bits per heavy atom. The molecule has 3 rings (SSSR count). The van der Waals surface area contributed by atoms with Crippen molar-refractivity contribution >= 4 is 27.5 Å². The molecule has 2 N–H and O–H groups in total. The molecular weight excluding hydrogens is 364 g/mol. The Morgan fingerprint density at radius 1 is 1.16 bits per heavy atom. The van der Waals surface area contributed by atoms with Crippen LogP contribution in [0.25, 0.3) is 0 Å². The molecule has 1 amide bonds. The van der Waals surface area contributed by atoms with Crippen LogP contribution in [0.15, 0.2) is 53.4 Å². The molecule has 0 unspecified atom stereocenters. The lowest BCUT2D eigenvalue weighted by Gasteiger charge is -2.11. The van der Waals surface area contributed by atoms with E-state index in [-0.39, 0.29) is 23.3 Å². The molecule has 1 heterocycles. The first-order valence-corrected chi connectivity index (χ1v) is 9.62. The summed E-state index contributed by atoms with van der Waals surface area (Å²) in [6, 6.07) is 13.0. The topological polar surface area (TPSA) is 84.5 Å². The van der Waals surface area contributed by atoms with Gasteiger partial charge < -0.3 is 10.1 Å². The lowest BCUT2D eigenvalue weighted by Crippen LogP contribution is -2.32. The van der Waals surface area contributed by atoms with E-state index < -0.39 is 10.0 Å². The van der Waals surface area contributed by atoms with E-state index in [1.165, 1.54) is 12.1 Å². The summed E-state index contributed by atoms with van der Waals surface area (Å²) >= 11 is 6.03. The standard InChI is InChI=1S/C17H17ClN2O4S/c18-15-3-1-2-4-16(15)24-13-5-7-14(8-6-13)25(22,23)20-11-12-9-10-19-17(12)21/h1-8,12,20H,9-11H2,(H,19,21)/t12-/m1/s1. The van der Waals surface area contributed by atoms with Gasteiger partial charge in [0, 0.05) is 13.1 Å². The van der Waals surface area contributed by atoms with Crippen LogP contribution in [0.5, 0.6) is 11.5 Å². The highest BCUT2D eigenvalue weighted by Crippen LogP contribution is 2.29. The minimum atomic E-state index is -3.68. The molecule has 132 valence electrons. The van der Waals surface area contributed by atoms with Crippen LogP contribution in [0.3, 0.4) is 0 Å². The van der Waals surface area contributed by atoms with E-state index in [2.05, 4.69) is 10.0 Å². The van der Waals surface area contributed by atoms with Crippen molar-refractivity contribution in [2.24, 2.45) is 5.92 Å². The summed E-state index contributed by atoms with van der Waals surface area (Å²) < 4.78 is 32.7. The number of para-hydroxylation sites is 1. The van der Waals surface area contributed by atoms with E-state index in [4.69, 9.17) is 16.3 Å². The number of ether oxygens (including phenoxy) is 1. The van der Waals surface area contributed by atoms with Crippen molar-refractivity contribution < 1.29 is 17.9 Å². The van der Waals surface area contributed by atoms with Crippen LogP contribution in [-0.2, 0) is 14.8 Å². The number of hydrogen-bond donors (Lipinski definition) is 2. The summed E-state index contributed by atoms with van der Waals surface area (Å²) in [5, 5.41) is 3.15. The molecule has 1 aliphatic rings. The minimum absolute atomic E-state index is 0.0893. The third-order valence-electron chi connectivity index (χ3n) is 3.88. The molecule has 0 aliphatic carbocycles. The Hall–Kier alpha value is -2.09. The van der Waals surface area contributed by atoms with Gasteiger partial charge in [-0.2, -0.15) is 0 Å². The van der Waals surface area contributed by atoms with Gasteiger partial charge in [0.05, 0.1) is 15.8 Å². The summed E-state index contributed by atoms with van der Waals surface area (Å²) in [6.07, 6.45) is 0.631. The SMILES string of the molecule is O=C1NCC[C@@H]1CNS(=O)(=O)c1ccc(Oc2ccccc2Cl)cc1. The Bertz CT molecular complexity index is 868. The molecular formula is C17H17ClN2O4S. The molecule has 8 heteroatoms. The number of carbonyl (C=O) groups excluding carboxylic acids is 1. The fourth-order valence-corrected chi connectivity index (χ4v) is 3.73. The fourth-order valence-electron chi connectivity index (χ4n) is 2.47. The second-order valence-corrected chi connectivity index (χ2v) is 7.81. The highest BCUT2D eigenvalue weighted by Gasteiger charge is 2.26. The second-order valence-electron chi connectivity index (χ2n) is 5.63. The quantitative estimate of drug-likeness (QED) is 0.806. The third kappa shape index (κ3) is 4.31. The van der Waals surface area contributed by atoms with Crippen molar-refractivity contribution in [2.75, 3.05) is 13.1 Å². The lowest BCUT2D eigenvalue weighted by molar-refractivity contribution is -0.122. The number of benzene rings is 2. The number of hydrogen-bond acceptors (Lipinski definition) is 4. The summed E-state index contributed by atoms with van der Waals surface area (Å²) in [7, 11) is -3.68. The van der Waals surface area contributed by atoms with E-state index in [0.29, 0.717) is 29.5 Å². The summed E-state index contributed by atoms with van der Waals surface area (Å²) in [5.41, 5.74) is 0. The number of nitrogens with one attached hydrogen (secondary N) is 2. The molecule has 0 aromatic heterocycles. The lowest BCUT2D eigenvalue weighted by atomic mass is 10.1. The molecule has 0 spiro atoms. The van der Waals surface area contributed by atoms with Gasteiger partial charge in [0.2, 0.25) is 15.9 Å². The van der Waals surface area contributed by atoms with E-state index in [1.807, 2.05) is 0 Å². The highest BCUT2D eigenvalue weighted by atomic mass is 35.5. The molecule has 1 fully saturated rings. The van der Waals surface area contributed by atoms with Gasteiger partial charge in [-0.05, 0) is 42.8 Å². The Kier molecular flexibility index (Phi) is 5.27. The molecule has 0 saturated carbocycles. The zero-order valence-corrected chi connectivity index (χ0v) is 14.8. The van der Waals surface area contributed by atoms with Gasteiger partial charge in [0.25, 0.3) is 0 Å². The van der Waals surface area contributed by atoms with Gasteiger partial charge >= 0.3 is 0 Å². The van der Waals surface area contributed by atoms with Crippen molar-refractivity contribution in [3.8, 4) is 11.5 Å². The van der Waals surface area contributed by atoms with Crippen LogP contribution >= 0.6 is 11.6 Å². The van der Waals surface area contributed by atoms with Gasteiger partial charge in [-0.3, -0.25) is 4.79 Å². The van der Waals surface area contributed by atoms with Crippen LogP contribution in [-0.4, -0.2) is 27.4 Å². The first-order chi connectivity index (χ1) is 12.0. The predicted octanol–water partition coefficient (Wildman–Crippen LogP) is 2.55. The maximum atomic E-state index is 12.3. The van der Waals surface area contributed by atoms with Gasteiger partial charge in [0.15, 0.2) is 0 Å². The zero-order chi connectivity index (χ0) is 17.9. The van der Waals surface area contributed by atoms with Crippen LogP contribution in [0, 0.1) is 5.92 Å². The normalized spacial score (nSPS) is 17.3. The van der Waals surface area contributed by atoms with Crippen molar-refractivity contribution in [1.29, 1.82) is 0 Å². The number of rotatable bonds is 6. The molecule has 6 nitrogen and oxygen atoms in total. The van der Waals surface area contributed by atoms with Crippen LogP contribution < -0.4 is 14.8 Å². The predicted molar refractivity (Wildman–Crippen MR) is 94.3 cm³/mol. The number of amides is 1. The highest BCUT2D eigenvalue weighted by molar-refractivity contribution is 7.89. The second kappa shape index (κ2) is 7.43. The number of carbonyl (C=O) groups is 1. The maximum Gasteiger partial charge on any atom is 0.240 e. The van der Waals surface area contributed by atoms with E-state index >= 15 is 0 Å². The molecule has 0 bridgehead atoms.